The Kier molecular flexibility index (Phi) is 9.10. The van der Waals surface area contributed by atoms with E-state index in [0.717, 1.165) is 0 Å². The number of fused-ring (bicyclic) bond motifs is 6. The number of para-hydroxylation sites is 1. The minimum absolute atomic E-state index is 1.18. The second-order valence-electron chi connectivity index (χ2n) is 16.4. The summed E-state index contributed by atoms with van der Waals surface area (Å²) in [5.74, 6) is 0. The van der Waals surface area contributed by atoms with Crippen LogP contribution in [0.15, 0.2) is 249 Å². The lowest BCUT2D eigenvalue weighted by molar-refractivity contribution is 1.18. The molecule has 12 rings (SSSR count). The van der Waals surface area contributed by atoms with Crippen molar-refractivity contribution in [2.45, 2.75) is 0 Å². The molecule has 0 fully saturated rings. The van der Waals surface area contributed by atoms with Crippen LogP contribution in [0.4, 0.5) is 0 Å². The number of benzene rings is 10. The highest BCUT2D eigenvalue weighted by Crippen LogP contribution is 2.44. The molecule has 0 saturated carbocycles. The van der Waals surface area contributed by atoms with Gasteiger partial charge < -0.3 is 4.57 Å². The lowest BCUT2D eigenvalue weighted by atomic mass is 9.95. The van der Waals surface area contributed by atoms with E-state index in [1.165, 1.54) is 102 Å². The van der Waals surface area contributed by atoms with Crippen molar-refractivity contribution in [3.8, 4) is 39.1 Å². The molecule has 0 aliphatic heterocycles. The molecular formula is C60H41NSSi. The fourth-order valence-corrected chi connectivity index (χ4v) is 16.2. The Labute approximate surface area is 372 Å². The first-order chi connectivity index (χ1) is 31.3. The molecule has 0 unspecified atom stereocenters. The van der Waals surface area contributed by atoms with Gasteiger partial charge in [0, 0.05) is 42.1 Å². The van der Waals surface area contributed by atoms with Crippen molar-refractivity contribution in [3.05, 3.63) is 249 Å². The fraction of sp³-hybridized carbons (Fsp3) is 0. The number of aromatic nitrogens is 1. The second-order valence-corrected chi connectivity index (χ2v) is 21.2. The van der Waals surface area contributed by atoms with Gasteiger partial charge in [-0.05, 0) is 67.3 Å². The van der Waals surface area contributed by atoms with Gasteiger partial charge in [0.1, 0.15) is 0 Å². The highest BCUT2D eigenvalue weighted by Gasteiger charge is 2.42. The zero-order chi connectivity index (χ0) is 41.7. The fourth-order valence-electron chi connectivity index (χ4n) is 10.2. The summed E-state index contributed by atoms with van der Waals surface area (Å²) in [6.45, 7) is 0. The van der Waals surface area contributed by atoms with Crippen molar-refractivity contribution in [2.24, 2.45) is 0 Å². The predicted molar refractivity (Wildman–Crippen MR) is 274 cm³/mol. The van der Waals surface area contributed by atoms with E-state index in [-0.39, 0.29) is 0 Å². The van der Waals surface area contributed by atoms with E-state index in [1.54, 1.807) is 0 Å². The molecule has 0 aliphatic carbocycles. The maximum absolute atomic E-state index is 2.93. The number of rotatable bonds is 8. The van der Waals surface area contributed by atoms with Gasteiger partial charge in [-0.1, -0.05) is 224 Å². The molecule has 2 aromatic heterocycles. The molecule has 1 nitrogen and oxygen atoms in total. The van der Waals surface area contributed by atoms with Gasteiger partial charge in [-0.2, -0.15) is 0 Å². The number of hydrogen-bond donors (Lipinski definition) is 0. The zero-order valence-corrected chi connectivity index (χ0v) is 36.3. The van der Waals surface area contributed by atoms with Crippen LogP contribution in [0, 0.1) is 0 Å². The molecule has 296 valence electrons. The molecule has 2 heterocycles. The first kappa shape index (κ1) is 37.2. The van der Waals surface area contributed by atoms with Crippen molar-refractivity contribution in [2.75, 3.05) is 0 Å². The van der Waals surface area contributed by atoms with E-state index in [0.29, 0.717) is 0 Å². The van der Waals surface area contributed by atoms with Crippen LogP contribution in [0.1, 0.15) is 0 Å². The molecule has 0 spiro atoms. The van der Waals surface area contributed by atoms with E-state index in [9.17, 15) is 0 Å². The van der Waals surface area contributed by atoms with E-state index < -0.39 is 8.07 Å². The zero-order valence-electron chi connectivity index (χ0n) is 34.5. The van der Waals surface area contributed by atoms with Gasteiger partial charge in [-0.15, -0.1) is 11.3 Å². The van der Waals surface area contributed by atoms with Crippen molar-refractivity contribution in [1.29, 1.82) is 0 Å². The lowest BCUT2D eigenvalue weighted by Gasteiger charge is -2.36. The average molecular weight is 836 g/mol. The number of thiophene rings is 1. The van der Waals surface area contributed by atoms with Crippen molar-refractivity contribution in [1.82, 2.24) is 4.57 Å². The quantitative estimate of drug-likeness (QED) is 0.106. The third-order valence-corrected chi connectivity index (χ3v) is 18.9. The van der Waals surface area contributed by atoms with Crippen molar-refractivity contribution >= 4 is 82.1 Å². The summed E-state index contributed by atoms with van der Waals surface area (Å²) >= 11 is 1.89. The van der Waals surface area contributed by atoms with Crippen LogP contribution in [0.2, 0.25) is 0 Å². The highest BCUT2D eigenvalue weighted by molar-refractivity contribution is 7.26. The monoisotopic (exact) mass is 835 g/mol. The largest absolute Gasteiger partial charge is 0.308 e. The minimum Gasteiger partial charge on any atom is -0.308 e. The first-order valence-corrected chi connectivity index (χ1v) is 24.5. The van der Waals surface area contributed by atoms with E-state index in [2.05, 4.69) is 253 Å². The van der Waals surface area contributed by atoms with E-state index in [1.807, 2.05) is 11.3 Å². The Hall–Kier alpha value is -7.56. The highest BCUT2D eigenvalue weighted by atomic mass is 32.1. The molecule has 0 amide bonds. The van der Waals surface area contributed by atoms with Gasteiger partial charge in [0.05, 0.1) is 16.7 Å². The molecule has 0 saturated heterocycles. The third-order valence-electron chi connectivity index (χ3n) is 12.9. The summed E-state index contributed by atoms with van der Waals surface area (Å²) in [5.41, 5.74) is 10.8. The summed E-state index contributed by atoms with van der Waals surface area (Å²) < 4.78 is 5.21. The van der Waals surface area contributed by atoms with Gasteiger partial charge >= 0.3 is 0 Å². The van der Waals surface area contributed by atoms with Crippen molar-refractivity contribution < 1.29 is 0 Å². The van der Waals surface area contributed by atoms with Crippen molar-refractivity contribution in [3.63, 3.8) is 0 Å². The Morgan fingerprint density at radius 2 is 0.778 bits per heavy atom. The van der Waals surface area contributed by atoms with Gasteiger partial charge in [0.15, 0.2) is 8.07 Å². The Balaban J connectivity index is 1.20. The normalized spacial score (nSPS) is 11.8. The van der Waals surface area contributed by atoms with Crippen LogP contribution < -0.4 is 20.7 Å². The summed E-state index contributed by atoms with van der Waals surface area (Å²) in [4.78, 5) is 0. The Morgan fingerprint density at radius 1 is 0.302 bits per heavy atom. The minimum atomic E-state index is -2.93. The van der Waals surface area contributed by atoms with E-state index >= 15 is 0 Å². The van der Waals surface area contributed by atoms with Gasteiger partial charge in [0.25, 0.3) is 0 Å². The average Bonchev–Trinajstić information content (AvgIpc) is 3.91. The smallest absolute Gasteiger partial charge is 0.179 e. The molecular weight excluding hydrogens is 795 g/mol. The van der Waals surface area contributed by atoms with Gasteiger partial charge in [-0.25, -0.2) is 0 Å². The van der Waals surface area contributed by atoms with Gasteiger partial charge in [0.2, 0.25) is 0 Å². The lowest BCUT2D eigenvalue weighted by Crippen LogP contribution is -2.74. The topological polar surface area (TPSA) is 4.93 Å². The molecule has 0 atom stereocenters. The van der Waals surface area contributed by atoms with Crippen LogP contribution in [0.25, 0.3) is 81.0 Å². The van der Waals surface area contributed by atoms with Crippen LogP contribution in [-0.2, 0) is 0 Å². The number of hydrogen-bond acceptors (Lipinski definition) is 1. The summed E-state index contributed by atoms with van der Waals surface area (Å²) in [6.07, 6.45) is 0. The maximum atomic E-state index is 2.56. The Bertz CT molecular complexity index is 3440. The Morgan fingerprint density at radius 3 is 1.37 bits per heavy atom. The van der Waals surface area contributed by atoms with Crippen LogP contribution in [-0.4, -0.2) is 12.6 Å². The standard InChI is InChI=1S/C60H41NSSi/c1-6-21-42(22-7-1)53-40-48(63(45-25-10-3-11-26-45,46-27-12-4-13-28-46)47-29-14-5-15-30-47)41-54(43-23-8-2-9-24-43)59(53)61-56-35-18-16-31-50(56)55-39-44(37-38-57(55)61)49-33-20-34-52-51-32-17-19-36-58(51)62-60(49)52/h1-41H. The maximum Gasteiger partial charge on any atom is 0.179 e. The molecule has 0 aliphatic rings. The summed E-state index contributed by atoms with van der Waals surface area (Å²) in [6, 6.07) is 92.7. The first-order valence-electron chi connectivity index (χ1n) is 21.7. The van der Waals surface area contributed by atoms with Crippen LogP contribution in [0.3, 0.4) is 0 Å². The molecule has 63 heavy (non-hydrogen) atoms. The third kappa shape index (κ3) is 6.04. The predicted octanol–water partition coefficient (Wildman–Crippen LogP) is 13.5. The molecule has 0 N–H and O–H groups in total. The van der Waals surface area contributed by atoms with Crippen LogP contribution >= 0.6 is 11.3 Å². The molecule has 12 aromatic rings. The summed E-state index contributed by atoms with van der Waals surface area (Å²) in [5, 5.41) is 10.5. The second kappa shape index (κ2) is 15.4. The molecule has 0 radical (unpaired) electrons. The summed E-state index contributed by atoms with van der Waals surface area (Å²) in [7, 11) is -2.93. The number of nitrogens with zero attached hydrogens (tertiary/aromatic N) is 1. The molecule has 0 bridgehead atoms. The molecule has 10 aromatic carbocycles. The molecule has 3 heteroatoms. The van der Waals surface area contributed by atoms with Crippen LogP contribution in [0.5, 0.6) is 0 Å². The van der Waals surface area contributed by atoms with Gasteiger partial charge in [-0.3, -0.25) is 0 Å². The van der Waals surface area contributed by atoms with E-state index in [4.69, 9.17) is 0 Å². The SMILES string of the molecule is c1ccc(-c2cc([Si](c3ccccc3)(c3ccccc3)c3ccccc3)cc(-c3ccccc3)c2-n2c3ccccc3c3cc(-c4cccc5c4sc4ccccc45)ccc32)cc1.